The number of anilines is 1. The van der Waals surface area contributed by atoms with Crippen molar-refractivity contribution < 1.29 is 28.3 Å². The fourth-order valence-electron chi connectivity index (χ4n) is 3.10. The van der Waals surface area contributed by atoms with Crippen molar-refractivity contribution in [3.8, 4) is 11.1 Å². The van der Waals surface area contributed by atoms with Gasteiger partial charge in [0.15, 0.2) is 0 Å². The first-order valence-electron chi connectivity index (χ1n) is 9.90. The van der Waals surface area contributed by atoms with E-state index >= 15 is 0 Å². The van der Waals surface area contributed by atoms with Crippen molar-refractivity contribution in [1.82, 2.24) is 0 Å². The summed E-state index contributed by atoms with van der Waals surface area (Å²) in [7, 11) is 0. The van der Waals surface area contributed by atoms with Gasteiger partial charge in [0.1, 0.15) is 16.9 Å². The second kappa shape index (κ2) is 9.75. The van der Waals surface area contributed by atoms with Crippen LogP contribution in [0.5, 0.6) is 0 Å². The van der Waals surface area contributed by atoms with Crippen LogP contribution in [0.3, 0.4) is 0 Å². The number of rotatable bonds is 7. The van der Waals surface area contributed by atoms with Crippen molar-refractivity contribution in [2.75, 3.05) is 18.5 Å². The number of amides is 1. The van der Waals surface area contributed by atoms with Gasteiger partial charge in [0.25, 0.3) is 5.91 Å². The molecule has 0 aliphatic carbocycles. The van der Waals surface area contributed by atoms with Gasteiger partial charge in [0, 0.05) is 5.56 Å². The highest BCUT2D eigenvalue weighted by Gasteiger charge is 2.31. The number of hydrogen-bond donors (Lipinski definition) is 1. The van der Waals surface area contributed by atoms with Gasteiger partial charge in [0.05, 0.1) is 13.2 Å². The van der Waals surface area contributed by atoms with Crippen molar-refractivity contribution in [3.63, 3.8) is 0 Å². The summed E-state index contributed by atoms with van der Waals surface area (Å²) in [5, 5.41) is 2.57. The Morgan fingerprint density at radius 3 is 1.94 bits per heavy atom. The van der Waals surface area contributed by atoms with E-state index in [0.29, 0.717) is 5.56 Å². The van der Waals surface area contributed by atoms with Crippen LogP contribution in [0.15, 0.2) is 59.0 Å². The number of furan rings is 1. The molecule has 3 aromatic rings. The minimum atomic E-state index is -0.780. The Kier molecular flexibility index (Phi) is 6.87. The highest BCUT2D eigenvalue weighted by Crippen LogP contribution is 2.29. The SMILES string of the molecule is CCOC(=O)c1c(C)oc(NC(=O)c2ccc(-c3ccccc3)cc2)c1C(=O)OCC. The van der Waals surface area contributed by atoms with Crippen molar-refractivity contribution in [3.05, 3.63) is 77.0 Å². The van der Waals surface area contributed by atoms with Gasteiger partial charge in [-0.15, -0.1) is 0 Å². The maximum atomic E-state index is 12.8. The Balaban J connectivity index is 1.89. The van der Waals surface area contributed by atoms with E-state index in [1.54, 1.807) is 26.0 Å². The molecule has 31 heavy (non-hydrogen) atoms. The van der Waals surface area contributed by atoms with Gasteiger partial charge < -0.3 is 13.9 Å². The number of hydrogen-bond acceptors (Lipinski definition) is 6. The molecule has 0 fully saturated rings. The molecule has 0 unspecified atom stereocenters. The smallest absolute Gasteiger partial charge is 0.344 e. The van der Waals surface area contributed by atoms with Crippen molar-refractivity contribution in [1.29, 1.82) is 0 Å². The standard InChI is InChI=1S/C24H23NO6/c1-4-29-23(27)19-15(3)31-22(20(19)24(28)30-5-2)25-21(26)18-13-11-17(12-14-18)16-9-7-6-8-10-16/h6-14H,4-5H2,1-3H3,(H,25,26). The lowest BCUT2D eigenvalue weighted by molar-refractivity contribution is 0.0480. The van der Waals surface area contributed by atoms with Gasteiger partial charge in [-0.1, -0.05) is 42.5 Å². The summed E-state index contributed by atoms with van der Waals surface area (Å²) in [5.74, 6) is -2.00. The molecule has 160 valence electrons. The molecule has 1 amide bonds. The number of carbonyl (C=O) groups is 3. The summed E-state index contributed by atoms with van der Waals surface area (Å²) in [6.07, 6.45) is 0. The molecule has 3 rings (SSSR count). The number of benzene rings is 2. The molecule has 0 spiro atoms. The number of esters is 2. The van der Waals surface area contributed by atoms with E-state index in [1.165, 1.54) is 6.92 Å². The van der Waals surface area contributed by atoms with E-state index in [1.807, 2.05) is 42.5 Å². The zero-order valence-electron chi connectivity index (χ0n) is 17.6. The molecule has 1 heterocycles. The lowest BCUT2D eigenvalue weighted by Crippen LogP contribution is -2.17. The summed E-state index contributed by atoms with van der Waals surface area (Å²) in [5.41, 5.74) is 2.13. The molecule has 0 saturated carbocycles. The third-order valence-electron chi connectivity index (χ3n) is 4.52. The van der Waals surface area contributed by atoms with Gasteiger partial charge >= 0.3 is 11.9 Å². The van der Waals surface area contributed by atoms with Crippen LogP contribution in [0.2, 0.25) is 0 Å². The summed E-state index contributed by atoms with van der Waals surface area (Å²) in [6, 6.07) is 16.8. The van der Waals surface area contributed by atoms with Gasteiger partial charge in [-0.3, -0.25) is 10.1 Å². The third-order valence-corrected chi connectivity index (χ3v) is 4.52. The topological polar surface area (TPSA) is 94.8 Å². The van der Waals surface area contributed by atoms with Gasteiger partial charge in [-0.2, -0.15) is 0 Å². The van der Waals surface area contributed by atoms with E-state index < -0.39 is 17.8 Å². The first-order chi connectivity index (χ1) is 15.0. The predicted molar refractivity (Wildman–Crippen MR) is 115 cm³/mol. The first kappa shape index (κ1) is 21.8. The molecule has 7 heteroatoms. The van der Waals surface area contributed by atoms with E-state index in [0.717, 1.165) is 11.1 Å². The predicted octanol–water partition coefficient (Wildman–Crippen LogP) is 4.86. The molecule has 7 nitrogen and oxygen atoms in total. The van der Waals surface area contributed by atoms with Crippen molar-refractivity contribution >= 4 is 23.7 Å². The summed E-state index contributed by atoms with van der Waals surface area (Å²) >= 11 is 0. The molecule has 1 aromatic heterocycles. The molecular formula is C24H23NO6. The second-order valence-corrected chi connectivity index (χ2v) is 6.58. The summed E-state index contributed by atoms with van der Waals surface area (Å²) < 4.78 is 15.6. The first-order valence-corrected chi connectivity index (χ1v) is 9.90. The van der Waals surface area contributed by atoms with Crippen LogP contribution in [0.4, 0.5) is 5.88 Å². The van der Waals surface area contributed by atoms with Crippen LogP contribution in [-0.4, -0.2) is 31.1 Å². The fourth-order valence-corrected chi connectivity index (χ4v) is 3.10. The van der Waals surface area contributed by atoms with Gasteiger partial charge in [0.2, 0.25) is 5.88 Å². The Hall–Kier alpha value is -3.87. The quantitative estimate of drug-likeness (QED) is 0.548. The third kappa shape index (κ3) is 4.83. The van der Waals surface area contributed by atoms with Crippen LogP contribution in [0, 0.1) is 6.92 Å². The number of nitrogens with one attached hydrogen (secondary N) is 1. The zero-order chi connectivity index (χ0) is 22.4. The normalized spacial score (nSPS) is 10.4. The highest BCUT2D eigenvalue weighted by atomic mass is 16.5. The Morgan fingerprint density at radius 2 is 1.35 bits per heavy atom. The molecule has 0 aliphatic rings. The van der Waals surface area contributed by atoms with Crippen LogP contribution < -0.4 is 5.32 Å². The van der Waals surface area contributed by atoms with E-state index in [-0.39, 0.29) is 36.0 Å². The average Bonchev–Trinajstić information content (AvgIpc) is 3.10. The lowest BCUT2D eigenvalue weighted by Gasteiger charge is -2.08. The molecule has 1 N–H and O–H groups in total. The Morgan fingerprint density at radius 1 is 0.806 bits per heavy atom. The minimum absolute atomic E-state index is 0.0602. The van der Waals surface area contributed by atoms with Crippen LogP contribution in [-0.2, 0) is 9.47 Å². The van der Waals surface area contributed by atoms with Crippen molar-refractivity contribution in [2.24, 2.45) is 0 Å². The molecular weight excluding hydrogens is 398 g/mol. The lowest BCUT2D eigenvalue weighted by atomic mass is 10.0. The summed E-state index contributed by atoms with van der Waals surface area (Å²) in [4.78, 5) is 37.6. The molecule has 0 atom stereocenters. The zero-order valence-corrected chi connectivity index (χ0v) is 17.6. The van der Waals surface area contributed by atoms with Gasteiger partial charge in [-0.05, 0) is 44.0 Å². The monoisotopic (exact) mass is 421 g/mol. The maximum Gasteiger partial charge on any atom is 0.344 e. The fraction of sp³-hybridized carbons (Fsp3) is 0.208. The molecule has 0 aliphatic heterocycles. The number of aryl methyl sites for hydroxylation is 1. The highest BCUT2D eigenvalue weighted by molar-refractivity contribution is 6.11. The molecule has 2 aromatic carbocycles. The number of ether oxygens (including phenoxy) is 2. The largest absolute Gasteiger partial charge is 0.462 e. The van der Waals surface area contributed by atoms with E-state index in [4.69, 9.17) is 13.9 Å². The Labute approximate surface area is 180 Å². The van der Waals surface area contributed by atoms with E-state index in [2.05, 4.69) is 5.32 Å². The Bertz CT molecular complexity index is 1080. The van der Waals surface area contributed by atoms with Crippen LogP contribution in [0.25, 0.3) is 11.1 Å². The van der Waals surface area contributed by atoms with Crippen molar-refractivity contribution in [2.45, 2.75) is 20.8 Å². The molecule has 0 saturated heterocycles. The van der Waals surface area contributed by atoms with Gasteiger partial charge in [-0.25, -0.2) is 9.59 Å². The second-order valence-electron chi connectivity index (χ2n) is 6.58. The molecule has 0 radical (unpaired) electrons. The van der Waals surface area contributed by atoms with Crippen LogP contribution in [0.1, 0.15) is 50.7 Å². The maximum absolute atomic E-state index is 12.8. The molecule has 0 bridgehead atoms. The number of carbonyl (C=O) groups excluding carboxylic acids is 3. The van der Waals surface area contributed by atoms with Crippen LogP contribution >= 0.6 is 0 Å². The average molecular weight is 421 g/mol. The minimum Gasteiger partial charge on any atom is -0.462 e. The summed E-state index contributed by atoms with van der Waals surface area (Å²) in [6.45, 7) is 5.03. The van der Waals surface area contributed by atoms with E-state index in [9.17, 15) is 14.4 Å².